The number of aldehydes is 1. The Morgan fingerprint density at radius 3 is 2.42 bits per heavy atom. The van der Waals surface area contributed by atoms with Gasteiger partial charge in [0.2, 0.25) is 6.10 Å². The van der Waals surface area contributed by atoms with Crippen molar-refractivity contribution in [3.8, 4) is 5.75 Å². The lowest BCUT2D eigenvalue weighted by molar-refractivity contribution is -0.386. The third-order valence-electron chi connectivity index (χ3n) is 4.45. The lowest BCUT2D eigenvalue weighted by Crippen LogP contribution is -2.45. The molecule has 0 fully saturated rings. The Kier molecular flexibility index (Phi) is 7.05. The zero-order valence-electron chi connectivity index (χ0n) is 15.9. The van der Waals surface area contributed by atoms with Gasteiger partial charge in [-0.05, 0) is 30.3 Å². The van der Waals surface area contributed by atoms with Gasteiger partial charge in [-0.15, -0.1) is 0 Å². The van der Waals surface area contributed by atoms with Gasteiger partial charge in [-0.3, -0.25) is 14.9 Å². The highest BCUT2D eigenvalue weighted by Crippen LogP contribution is 2.37. The van der Waals surface area contributed by atoms with Crippen LogP contribution in [-0.4, -0.2) is 45.3 Å². The van der Waals surface area contributed by atoms with Gasteiger partial charge in [-0.1, -0.05) is 20.8 Å². The molecular formula is C17H25NO7Si. The fourth-order valence-electron chi connectivity index (χ4n) is 1.78. The second kappa shape index (κ2) is 8.41. The number of hydrogen-bond donors (Lipinski definition) is 0. The third-order valence-corrected chi connectivity index (χ3v) is 8.95. The van der Waals surface area contributed by atoms with Crippen molar-refractivity contribution >= 4 is 26.3 Å². The summed E-state index contributed by atoms with van der Waals surface area (Å²) in [5, 5.41) is 11.1. The van der Waals surface area contributed by atoms with Gasteiger partial charge in [0.05, 0.1) is 18.6 Å². The largest absolute Gasteiger partial charge is 0.469 e. The molecule has 0 amide bonds. The topological polar surface area (TPSA) is 105 Å². The summed E-state index contributed by atoms with van der Waals surface area (Å²) < 4.78 is 16.2. The number of nitro benzene ring substituents is 1. The first-order chi connectivity index (χ1) is 11.9. The van der Waals surface area contributed by atoms with Gasteiger partial charge < -0.3 is 13.9 Å². The van der Waals surface area contributed by atoms with Crippen LogP contribution in [0.15, 0.2) is 18.2 Å². The lowest BCUT2D eigenvalue weighted by atomic mass is 10.2. The molecule has 1 atom stereocenters. The molecule has 0 heterocycles. The van der Waals surface area contributed by atoms with Crippen LogP contribution in [0.4, 0.5) is 5.69 Å². The number of benzene rings is 1. The normalized spacial score (nSPS) is 13.0. The Bertz CT molecular complexity index is 682. The monoisotopic (exact) mass is 383 g/mol. The van der Waals surface area contributed by atoms with Crippen LogP contribution in [0, 0.1) is 10.1 Å². The van der Waals surface area contributed by atoms with Crippen LogP contribution in [0.3, 0.4) is 0 Å². The number of rotatable bonds is 8. The van der Waals surface area contributed by atoms with E-state index in [1.165, 1.54) is 19.2 Å². The maximum atomic E-state index is 12.1. The predicted octanol–water partition coefficient (Wildman–Crippen LogP) is 3.35. The van der Waals surface area contributed by atoms with Gasteiger partial charge in [-0.2, -0.15) is 0 Å². The van der Waals surface area contributed by atoms with Gasteiger partial charge in [0, 0.05) is 11.6 Å². The molecule has 0 aliphatic heterocycles. The van der Waals surface area contributed by atoms with Crippen molar-refractivity contribution in [1.29, 1.82) is 0 Å². The van der Waals surface area contributed by atoms with Crippen molar-refractivity contribution in [2.45, 2.75) is 45.0 Å². The van der Waals surface area contributed by atoms with Crippen LogP contribution in [-0.2, 0) is 14.0 Å². The lowest BCUT2D eigenvalue weighted by Gasteiger charge is -2.36. The van der Waals surface area contributed by atoms with Crippen molar-refractivity contribution in [2.24, 2.45) is 0 Å². The van der Waals surface area contributed by atoms with Crippen LogP contribution in [0.1, 0.15) is 31.1 Å². The first-order valence-electron chi connectivity index (χ1n) is 8.05. The minimum absolute atomic E-state index is 0.0862. The van der Waals surface area contributed by atoms with Crippen molar-refractivity contribution in [1.82, 2.24) is 0 Å². The molecule has 0 spiro atoms. The molecule has 1 aromatic rings. The Hall–Kier alpha value is -2.26. The van der Waals surface area contributed by atoms with Crippen molar-refractivity contribution < 1.29 is 28.4 Å². The molecule has 1 aromatic carbocycles. The molecule has 0 aromatic heterocycles. The number of carbonyl (C=O) groups is 2. The first kappa shape index (κ1) is 21.8. The van der Waals surface area contributed by atoms with Gasteiger partial charge in [-0.25, -0.2) is 4.79 Å². The van der Waals surface area contributed by atoms with Gasteiger partial charge >= 0.3 is 11.7 Å². The summed E-state index contributed by atoms with van der Waals surface area (Å²) in [7, 11) is -0.979. The molecule has 0 saturated heterocycles. The highest BCUT2D eigenvalue weighted by molar-refractivity contribution is 6.74. The number of nitro groups is 1. The Balaban J connectivity index is 3.11. The molecule has 9 heteroatoms. The number of hydrogen-bond acceptors (Lipinski definition) is 7. The summed E-state index contributed by atoms with van der Waals surface area (Å²) in [6.07, 6.45) is -0.648. The first-order valence-corrected chi connectivity index (χ1v) is 11.0. The molecule has 0 saturated carbocycles. The Morgan fingerprint density at radius 1 is 1.35 bits per heavy atom. The van der Waals surface area contributed by atoms with Crippen molar-refractivity contribution in [3.05, 3.63) is 33.9 Å². The van der Waals surface area contributed by atoms with Crippen molar-refractivity contribution in [3.63, 3.8) is 0 Å². The summed E-state index contributed by atoms with van der Waals surface area (Å²) in [5.74, 6) is -0.900. The second-order valence-corrected chi connectivity index (χ2v) is 12.1. The molecule has 26 heavy (non-hydrogen) atoms. The Labute approximate surface area is 153 Å². The summed E-state index contributed by atoms with van der Waals surface area (Å²) in [6, 6.07) is 3.67. The van der Waals surface area contributed by atoms with Gasteiger partial charge in [0.25, 0.3) is 0 Å². The van der Waals surface area contributed by atoms with E-state index >= 15 is 0 Å². The zero-order chi connectivity index (χ0) is 20.1. The summed E-state index contributed by atoms with van der Waals surface area (Å²) in [5.41, 5.74) is -0.156. The Morgan fingerprint density at radius 2 is 1.96 bits per heavy atom. The summed E-state index contributed by atoms with van der Waals surface area (Å²) in [4.78, 5) is 33.6. The highest BCUT2D eigenvalue weighted by Gasteiger charge is 2.39. The average molecular weight is 383 g/mol. The third kappa shape index (κ3) is 5.37. The summed E-state index contributed by atoms with van der Waals surface area (Å²) in [6.45, 7) is 10.1. The maximum absolute atomic E-state index is 12.1. The highest BCUT2D eigenvalue weighted by atomic mass is 28.4. The zero-order valence-corrected chi connectivity index (χ0v) is 16.9. The fourth-order valence-corrected chi connectivity index (χ4v) is 2.79. The minimum atomic E-state index is -2.17. The van der Waals surface area contributed by atoms with E-state index in [4.69, 9.17) is 13.9 Å². The van der Waals surface area contributed by atoms with E-state index in [1.807, 2.05) is 33.9 Å². The predicted molar refractivity (Wildman–Crippen MR) is 98.1 cm³/mol. The van der Waals surface area contributed by atoms with E-state index in [0.717, 1.165) is 6.07 Å². The SMILES string of the molecule is COC(=O)C(CO[Si](C)(C)C(C)(C)C)Oc1cc(C=O)ccc1[N+](=O)[O-]. The van der Waals surface area contributed by atoms with Crippen LogP contribution in [0.5, 0.6) is 5.75 Å². The molecule has 1 rings (SSSR count). The van der Waals surface area contributed by atoms with Gasteiger partial charge in [0.15, 0.2) is 14.1 Å². The number of carbonyl (C=O) groups excluding carboxylic acids is 2. The minimum Gasteiger partial charge on any atom is -0.469 e. The van der Waals surface area contributed by atoms with Gasteiger partial charge in [0.1, 0.15) is 6.29 Å². The molecule has 0 aliphatic carbocycles. The molecule has 8 nitrogen and oxygen atoms in total. The molecule has 1 unspecified atom stereocenters. The van der Waals surface area contributed by atoms with E-state index in [-0.39, 0.29) is 28.6 Å². The van der Waals surface area contributed by atoms with Crippen LogP contribution >= 0.6 is 0 Å². The summed E-state index contributed by atoms with van der Waals surface area (Å²) >= 11 is 0. The molecule has 0 N–H and O–H groups in total. The van der Waals surface area contributed by atoms with E-state index in [2.05, 4.69) is 0 Å². The van der Waals surface area contributed by atoms with Crippen LogP contribution in [0.2, 0.25) is 18.1 Å². The number of nitrogens with zero attached hydrogens (tertiary/aromatic N) is 1. The number of methoxy groups -OCH3 is 1. The molecular weight excluding hydrogens is 358 g/mol. The maximum Gasteiger partial charge on any atom is 0.349 e. The average Bonchev–Trinajstić information content (AvgIpc) is 2.56. The quantitative estimate of drug-likeness (QED) is 0.223. The standard InChI is InChI=1S/C17H25NO7Si/c1-17(2,3)26(5,6)24-11-15(16(20)23-4)25-14-9-12(10-19)7-8-13(14)18(21)22/h7-10,15H,11H2,1-6H3. The van der Waals surface area contributed by atoms with Crippen molar-refractivity contribution in [2.75, 3.05) is 13.7 Å². The second-order valence-electron chi connectivity index (χ2n) is 7.30. The molecule has 0 bridgehead atoms. The molecule has 0 aliphatic rings. The molecule has 0 radical (unpaired) electrons. The number of ether oxygens (including phenoxy) is 2. The fraction of sp³-hybridized carbons (Fsp3) is 0.529. The van der Waals surface area contributed by atoms with E-state index in [0.29, 0.717) is 6.29 Å². The van der Waals surface area contributed by atoms with E-state index in [9.17, 15) is 19.7 Å². The van der Waals surface area contributed by atoms with E-state index < -0.39 is 25.3 Å². The number of esters is 1. The van der Waals surface area contributed by atoms with Crippen LogP contribution in [0.25, 0.3) is 0 Å². The smallest absolute Gasteiger partial charge is 0.349 e. The molecule has 144 valence electrons. The van der Waals surface area contributed by atoms with Crippen LogP contribution < -0.4 is 4.74 Å². The van der Waals surface area contributed by atoms with E-state index in [1.54, 1.807) is 0 Å².